The third-order valence-corrected chi connectivity index (χ3v) is 11.6. The van der Waals surface area contributed by atoms with Crippen molar-refractivity contribution in [2.45, 2.75) is 48.5 Å². The quantitative estimate of drug-likeness (QED) is 0.122. The molecule has 395 valence electrons. The summed E-state index contributed by atoms with van der Waals surface area (Å²) in [5.41, 5.74) is 12.5. The van der Waals surface area contributed by atoms with E-state index in [0.717, 1.165) is 100 Å². The Bertz CT molecular complexity index is 3600. The maximum Gasteiger partial charge on any atom is 0.158 e. The van der Waals surface area contributed by atoms with Crippen LogP contribution in [0.2, 0.25) is 0 Å². The van der Waals surface area contributed by atoms with Crippen LogP contribution >= 0.6 is 0 Å². The largest absolute Gasteiger partial charge is 0.656 e. The molecular formula is C61H52Ir3N9O4-3. The Hall–Kier alpha value is -7.67. The van der Waals surface area contributed by atoms with Crippen molar-refractivity contribution in [2.75, 3.05) is 0 Å². The van der Waals surface area contributed by atoms with Gasteiger partial charge in [-0.1, -0.05) is 109 Å². The summed E-state index contributed by atoms with van der Waals surface area (Å²) < 4.78 is 0. The first-order chi connectivity index (χ1) is 35.8. The molecule has 0 saturated heterocycles. The van der Waals surface area contributed by atoms with Crippen molar-refractivity contribution in [3.63, 3.8) is 0 Å². The average molecular weight is 1550 g/mol. The molecule has 0 aliphatic carbocycles. The maximum absolute atomic E-state index is 10.0. The summed E-state index contributed by atoms with van der Waals surface area (Å²) >= 11 is 0. The van der Waals surface area contributed by atoms with E-state index < -0.39 is 0 Å². The van der Waals surface area contributed by atoms with Crippen LogP contribution in [-0.4, -0.2) is 51.7 Å². The molecule has 12 aromatic rings. The van der Waals surface area contributed by atoms with Gasteiger partial charge in [0.15, 0.2) is 29.0 Å². The first-order valence-corrected chi connectivity index (χ1v) is 23.7. The van der Waals surface area contributed by atoms with Gasteiger partial charge in [-0.25, -0.2) is 29.9 Å². The van der Waals surface area contributed by atoms with Gasteiger partial charge in [0, 0.05) is 126 Å². The molecule has 0 bridgehead atoms. The van der Waals surface area contributed by atoms with Crippen molar-refractivity contribution >= 4 is 77.0 Å². The maximum atomic E-state index is 10.0. The number of aliphatic hydroxyl groups is 2. The Balaban J connectivity index is 0.000000187. The minimum absolute atomic E-state index is 0. The van der Waals surface area contributed by atoms with E-state index in [1.165, 1.54) is 56.0 Å². The van der Waals surface area contributed by atoms with Crippen LogP contribution in [0.4, 0.5) is 0 Å². The van der Waals surface area contributed by atoms with Crippen LogP contribution < -0.4 is 15.0 Å². The monoisotopic (exact) mass is 1550 g/mol. The van der Waals surface area contributed by atoms with E-state index in [2.05, 4.69) is 105 Å². The van der Waals surface area contributed by atoms with Gasteiger partial charge in [-0.2, -0.15) is 0 Å². The molecule has 0 saturated carbocycles. The Morgan fingerprint density at radius 3 is 0.831 bits per heavy atom. The molecule has 77 heavy (non-hydrogen) atoms. The van der Waals surface area contributed by atoms with E-state index >= 15 is 0 Å². The first kappa shape index (κ1) is 60.2. The number of aryl methyl sites for hydroxylation is 3. The van der Waals surface area contributed by atoms with E-state index in [0.29, 0.717) is 0 Å². The molecule has 6 heterocycles. The second-order valence-electron chi connectivity index (χ2n) is 17.4. The molecule has 12 rings (SSSR count). The smallest absolute Gasteiger partial charge is 0.158 e. The fraction of sp³-hybridized carbons (Fsp3) is 0.115. The number of hydrogen-bond acceptors (Lipinski definition) is 10. The molecule has 0 atom stereocenters. The zero-order valence-corrected chi connectivity index (χ0v) is 50.2. The fourth-order valence-electron chi connectivity index (χ4n) is 8.55. The second kappa shape index (κ2) is 27.9. The van der Waals surface area contributed by atoms with Gasteiger partial charge < -0.3 is 25.2 Å². The number of nitrogens with zero attached hydrogens (tertiary/aromatic N) is 9. The van der Waals surface area contributed by atoms with Crippen molar-refractivity contribution < 1.29 is 80.1 Å². The Labute approximate surface area is 485 Å². The van der Waals surface area contributed by atoms with Gasteiger partial charge in [0.05, 0.1) is 11.5 Å². The molecule has 0 aliphatic heterocycles. The number of ketones is 2. The van der Waals surface area contributed by atoms with Gasteiger partial charge in [0.2, 0.25) is 0 Å². The van der Waals surface area contributed by atoms with Crippen LogP contribution in [0.25, 0.3) is 99.6 Å². The van der Waals surface area contributed by atoms with E-state index in [4.69, 9.17) is 25.2 Å². The number of aromatic nitrogens is 9. The number of fused-ring (bicyclic) bond motifs is 9. The van der Waals surface area contributed by atoms with Crippen molar-refractivity contribution in [3.8, 4) is 34.2 Å². The predicted molar refractivity (Wildman–Crippen MR) is 296 cm³/mol. The summed E-state index contributed by atoms with van der Waals surface area (Å²) in [6.07, 6.45) is 12.9. The van der Waals surface area contributed by atoms with Crippen molar-refractivity contribution in [1.82, 2.24) is 44.9 Å². The van der Waals surface area contributed by atoms with Crippen LogP contribution in [0.15, 0.2) is 188 Å². The number of rotatable bonds is 5. The molecule has 0 aliphatic rings. The summed E-state index contributed by atoms with van der Waals surface area (Å²) in [5.74, 6) is 2.08. The van der Waals surface area contributed by atoms with Gasteiger partial charge in [-0.15, -0.1) is 33.1 Å². The average Bonchev–Trinajstić information content (AvgIpc) is 4.10. The van der Waals surface area contributed by atoms with E-state index in [1.807, 2.05) is 72.8 Å². The van der Waals surface area contributed by atoms with Crippen LogP contribution in [0.5, 0.6) is 0 Å². The van der Waals surface area contributed by atoms with Crippen LogP contribution in [0.1, 0.15) is 44.4 Å². The molecular weight excluding hydrogens is 1500 g/mol. The molecule has 2 N–H and O–H groups in total. The van der Waals surface area contributed by atoms with Gasteiger partial charge in [-0.3, -0.25) is 9.59 Å². The molecule has 6 aromatic heterocycles. The number of aliphatic hydroxyl groups excluding tert-OH is 2. The van der Waals surface area contributed by atoms with Gasteiger partial charge >= 0.3 is 0 Å². The first-order valence-electron chi connectivity index (χ1n) is 23.7. The summed E-state index contributed by atoms with van der Waals surface area (Å²) in [5, 5.41) is 23.7. The van der Waals surface area contributed by atoms with E-state index in [-0.39, 0.29) is 83.4 Å². The number of benzene rings is 6. The van der Waals surface area contributed by atoms with Gasteiger partial charge in [-0.05, 0) is 116 Å². The predicted octanol–water partition coefficient (Wildman–Crippen LogP) is 13.2. The third kappa shape index (κ3) is 14.4. The van der Waals surface area contributed by atoms with E-state index in [1.54, 1.807) is 37.2 Å². The standard InChI is InChI=1S/3C17H12N3.2C5H8O2.3Ir/c3*1-11-7-8-13-12-5-2-3-6-14(12)20-16(13)15(11)17-18-9-4-10-19-17;2*1-4(6)3-5(2)7;;;/h3*2-10H,1H3;2*3,6H,1-2H3;;;/q3*-1;;;;;. The number of carbonyl (C=O) groups is 2. The summed E-state index contributed by atoms with van der Waals surface area (Å²) in [6, 6.07) is 42.8. The van der Waals surface area contributed by atoms with Crippen molar-refractivity contribution in [2.24, 2.45) is 0 Å². The number of hydrogen-bond donors (Lipinski definition) is 2. The second-order valence-corrected chi connectivity index (χ2v) is 17.4. The molecule has 0 spiro atoms. The number of carbonyl (C=O) groups excluding carboxylic acids is 2. The van der Waals surface area contributed by atoms with Gasteiger partial charge in [0.25, 0.3) is 0 Å². The third-order valence-electron chi connectivity index (χ3n) is 11.6. The van der Waals surface area contributed by atoms with Gasteiger partial charge in [0.1, 0.15) is 0 Å². The van der Waals surface area contributed by atoms with Crippen LogP contribution in [-0.2, 0) is 69.9 Å². The Morgan fingerprint density at radius 1 is 0.364 bits per heavy atom. The number of allylic oxidation sites excluding steroid dienone is 4. The molecule has 13 nitrogen and oxygen atoms in total. The summed E-state index contributed by atoms with van der Waals surface area (Å²) in [7, 11) is 0. The van der Waals surface area contributed by atoms with Crippen LogP contribution in [0, 0.1) is 20.8 Å². The number of para-hydroxylation sites is 3. The minimum Gasteiger partial charge on any atom is -0.656 e. The molecule has 16 heteroatoms. The molecule has 6 aromatic carbocycles. The Morgan fingerprint density at radius 2 is 0.610 bits per heavy atom. The minimum atomic E-state index is -0.125. The van der Waals surface area contributed by atoms with Crippen molar-refractivity contribution in [1.29, 1.82) is 0 Å². The zero-order valence-electron chi connectivity index (χ0n) is 43.0. The molecule has 0 unspecified atom stereocenters. The SMILES string of the molecule is CC(=O)C=C(C)O.CC(=O)C=C(C)O.Cc1ccc2c([n-]c3ccccc32)c1-c1ncccn1.Cc1ccc2c([n-]c3ccccc32)c1-c1ncccn1.Cc1ccc2c([n-]c3ccccc32)c1-c1ncccn1.[Ir].[Ir].[Ir]. The normalized spacial score (nSPS) is 10.8. The zero-order chi connectivity index (χ0) is 52.3. The van der Waals surface area contributed by atoms with Crippen LogP contribution in [0.3, 0.4) is 0 Å². The Kier molecular flexibility index (Phi) is 21.8. The fourth-order valence-corrected chi connectivity index (χ4v) is 8.55. The molecule has 3 radical (unpaired) electrons. The summed E-state index contributed by atoms with van der Waals surface area (Å²) in [6.45, 7) is 11.9. The molecule has 0 fully saturated rings. The van der Waals surface area contributed by atoms with Crippen molar-refractivity contribution in [3.05, 3.63) is 205 Å². The summed E-state index contributed by atoms with van der Waals surface area (Å²) in [4.78, 5) is 60.6. The molecule has 0 amide bonds. The van der Waals surface area contributed by atoms with E-state index in [9.17, 15) is 9.59 Å². The topological polar surface area (TPSA) is 194 Å².